The van der Waals surface area contributed by atoms with Crippen LogP contribution in [0, 0.1) is 17.2 Å². The Labute approximate surface area is 192 Å². The summed E-state index contributed by atoms with van der Waals surface area (Å²) < 4.78 is 15.6. The van der Waals surface area contributed by atoms with Crippen LogP contribution >= 0.6 is 0 Å². The third-order valence-electron chi connectivity index (χ3n) is 6.18. The lowest BCUT2D eigenvalue weighted by Crippen LogP contribution is -2.30. The quantitative estimate of drug-likeness (QED) is 0.482. The summed E-state index contributed by atoms with van der Waals surface area (Å²) in [5.74, 6) is -0.692. The number of fused-ring (bicyclic) bond motifs is 1. The molecule has 1 aliphatic carbocycles. The summed E-state index contributed by atoms with van der Waals surface area (Å²) in [7, 11) is 0. The molecule has 2 aromatic carbocycles. The number of aliphatic carboxylic acids is 1. The minimum Gasteiger partial charge on any atom is -0.480 e. The van der Waals surface area contributed by atoms with E-state index in [4.69, 9.17) is 10.1 Å². The van der Waals surface area contributed by atoms with E-state index in [1.807, 2.05) is 6.07 Å². The molecule has 174 valence electrons. The zero-order valence-corrected chi connectivity index (χ0v) is 19.1. The molecule has 3 N–H and O–H groups in total. The van der Waals surface area contributed by atoms with Gasteiger partial charge in [-0.1, -0.05) is 20.8 Å². The molecule has 0 saturated heterocycles. The normalized spacial score (nSPS) is 19.9. The molecule has 7 nitrogen and oxygen atoms in total. The lowest BCUT2D eigenvalue weighted by atomic mass is 9.70. The summed E-state index contributed by atoms with van der Waals surface area (Å²) in [4.78, 5) is 27.9. The smallest absolute Gasteiger partial charge is 0.322 e. The number of carbonyl (C=O) groups excluding carboxylic acids is 1. The molecule has 1 aliphatic rings. The minimum atomic E-state index is -1.10. The average Bonchev–Trinajstić information content (AvgIpc) is 3.09. The van der Waals surface area contributed by atoms with Gasteiger partial charge in [-0.05, 0) is 73.1 Å². The summed E-state index contributed by atoms with van der Waals surface area (Å²) in [5.41, 5.74) is 2.78. The molecule has 4 rings (SSSR count). The van der Waals surface area contributed by atoms with Gasteiger partial charge < -0.3 is 20.3 Å². The molecular weight excluding hydrogens is 423 g/mol. The van der Waals surface area contributed by atoms with Gasteiger partial charge in [0.15, 0.2) is 0 Å². The topological polar surface area (TPSA) is 96.3 Å². The number of amides is 1. The second-order valence-corrected chi connectivity index (χ2v) is 9.78. The average molecular weight is 453 g/mol. The number of rotatable bonds is 6. The summed E-state index contributed by atoms with van der Waals surface area (Å²) in [5, 5.41) is 14.5. The molecule has 2 unspecified atom stereocenters. The van der Waals surface area contributed by atoms with Crippen molar-refractivity contribution in [1.82, 2.24) is 14.9 Å². The van der Waals surface area contributed by atoms with Crippen LogP contribution in [-0.2, 0) is 4.79 Å². The van der Waals surface area contributed by atoms with Gasteiger partial charge in [-0.3, -0.25) is 9.59 Å². The predicted octanol–water partition coefficient (Wildman–Crippen LogP) is 5.12. The SMILES string of the molecule is CC1CC(n2c(Nc3ccc(F)cc3)nc3cc(C(=O)NCC(=O)O)ccc32)CC(C)(C)C1. The first-order chi connectivity index (χ1) is 15.6. The number of benzene rings is 2. The summed E-state index contributed by atoms with van der Waals surface area (Å²) in [6, 6.07) is 11.6. The highest BCUT2D eigenvalue weighted by Crippen LogP contribution is 2.46. The highest BCUT2D eigenvalue weighted by atomic mass is 19.1. The van der Waals surface area contributed by atoms with Crippen LogP contribution in [0.4, 0.5) is 16.0 Å². The van der Waals surface area contributed by atoms with Crippen LogP contribution in [-0.4, -0.2) is 33.1 Å². The molecule has 1 saturated carbocycles. The van der Waals surface area contributed by atoms with E-state index in [0.29, 0.717) is 22.9 Å². The Hall–Kier alpha value is -3.42. The molecule has 0 spiro atoms. The maximum atomic E-state index is 13.4. The van der Waals surface area contributed by atoms with Gasteiger partial charge in [0, 0.05) is 17.3 Å². The van der Waals surface area contributed by atoms with Gasteiger partial charge in [-0.25, -0.2) is 9.37 Å². The van der Waals surface area contributed by atoms with Crippen molar-refractivity contribution < 1.29 is 19.1 Å². The minimum absolute atomic E-state index is 0.183. The van der Waals surface area contributed by atoms with Gasteiger partial charge >= 0.3 is 5.97 Å². The number of anilines is 2. The van der Waals surface area contributed by atoms with Crippen molar-refractivity contribution in [2.45, 2.75) is 46.1 Å². The maximum absolute atomic E-state index is 13.4. The molecule has 1 amide bonds. The van der Waals surface area contributed by atoms with E-state index in [9.17, 15) is 14.0 Å². The van der Waals surface area contributed by atoms with Crippen molar-refractivity contribution in [3.05, 3.63) is 53.8 Å². The van der Waals surface area contributed by atoms with Gasteiger partial charge in [0.1, 0.15) is 12.4 Å². The second kappa shape index (κ2) is 8.84. The largest absolute Gasteiger partial charge is 0.480 e. The first kappa shape index (κ1) is 22.8. The van der Waals surface area contributed by atoms with Crippen LogP contribution < -0.4 is 10.6 Å². The van der Waals surface area contributed by atoms with Crippen LogP contribution in [0.25, 0.3) is 11.0 Å². The molecule has 0 bridgehead atoms. The zero-order valence-electron chi connectivity index (χ0n) is 19.1. The van der Waals surface area contributed by atoms with E-state index in [1.54, 1.807) is 24.3 Å². The van der Waals surface area contributed by atoms with Crippen LogP contribution in [0.3, 0.4) is 0 Å². The van der Waals surface area contributed by atoms with Crippen molar-refractivity contribution in [3.8, 4) is 0 Å². The second-order valence-electron chi connectivity index (χ2n) is 9.78. The van der Waals surface area contributed by atoms with Gasteiger partial charge in [-0.15, -0.1) is 0 Å². The number of aromatic nitrogens is 2. The standard InChI is InChI=1S/C25H29FN4O3/c1-15-10-19(13-25(2,3)12-15)30-21-9-4-16(23(33)27-14-22(31)32)11-20(21)29-24(30)28-18-7-5-17(26)6-8-18/h4-9,11,15,19H,10,12-14H2,1-3H3,(H,27,33)(H,28,29)(H,31,32). The fourth-order valence-corrected chi connectivity index (χ4v) is 5.11. The Morgan fingerprint density at radius 1 is 1.18 bits per heavy atom. The molecule has 1 fully saturated rings. The molecule has 8 heteroatoms. The molecule has 33 heavy (non-hydrogen) atoms. The molecule has 3 aromatic rings. The third kappa shape index (κ3) is 5.16. The van der Waals surface area contributed by atoms with Gasteiger partial charge in [-0.2, -0.15) is 0 Å². The number of nitrogens with zero attached hydrogens (tertiary/aromatic N) is 2. The maximum Gasteiger partial charge on any atom is 0.322 e. The van der Waals surface area contributed by atoms with Crippen LogP contribution in [0.15, 0.2) is 42.5 Å². The Kier molecular flexibility index (Phi) is 6.10. The number of hydrogen-bond acceptors (Lipinski definition) is 4. The van der Waals surface area contributed by atoms with Gasteiger partial charge in [0.2, 0.25) is 5.95 Å². The Bertz CT molecular complexity index is 1190. The Morgan fingerprint density at radius 2 is 1.91 bits per heavy atom. The summed E-state index contributed by atoms with van der Waals surface area (Å²) in [6.07, 6.45) is 3.15. The van der Waals surface area contributed by atoms with E-state index in [2.05, 4.69) is 36.0 Å². The van der Waals surface area contributed by atoms with Crippen molar-refractivity contribution in [2.24, 2.45) is 11.3 Å². The molecule has 1 aromatic heterocycles. The lowest BCUT2D eigenvalue weighted by molar-refractivity contribution is -0.135. The Morgan fingerprint density at radius 3 is 2.58 bits per heavy atom. The van der Waals surface area contributed by atoms with E-state index >= 15 is 0 Å². The zero-order chi connectivity index (χ0) is 23.8. The first-order valence-corrected chi connectivity index (χ1v) is 11.2. The Balaban J connectivity index is 1.75. The van der Waals surface area contributed by atoms with E-state index in [1.165, 1.54) is 12.1 Å². The lowest BCUT2D eigenvalue weighted by Gasteiger charge is -2.40. The molecule has 2 atom stereocenters. The number of nitrogens with one attached hydrogen (secondary N) is 2. The predicted molar refractivity (Wildman–Crippen MR) is 125 cm³/mol. The van der Waals surface area contributed by atoms with Crippen molar-refractivity contribution >= 4 is 34.5 Å². The fourth-order valence-electron chi connectivity index (χ4n) is 5.11. The number of carbonyl (C=O) groups is 2. The molecule has 0 aliphatic heterocycles. The van der Waals surface area contributed by atoms with E-state index < -0.39 is 18.4 Å². The van der Waals surface area contributed by atoms with Crippen molar-refractivity contribution in [3.63, 3.8) is 0 Å². The third-order valence-corrected chi connectivity index (χ3v) is 6.18. The van der Waals surface area contributed by atoms with E-state index in [0.717, 1.165) is 30.5 Å². The van der Waals surface area contributed by atoms with Crippen LogP contribution in [0.2, 0.25) is 0 Å². The van der Waals surface area contributed by atoms with Crippen molar-refractivity contribution in [1.29, 1.82) is 0 Å². The number of halogens is 1. The molecule has 0 radical (unpaired) electrons. The number of carboxylic acids is 1. The fraction of sp³-hybridized carbons (Fsp3) is 0.400. The summed E-state index contributed by atoms with van der Waals surface area (Å²) >= 11 is 0. The summed E-state index contributed by atoms with van der Waals surface area (Å²) in [6.45, 7) is 6.39. The number of hydrogen-bond donors (Lipinski definition) is 3. The van der Waals surface area contributed by atoms with Crippen molar-refractivity contribution in [2.75, 3.05) is 11.9 Å². The first-order valence-electron chi connectivity index (χ1n) is 11.2. The highest BCUT2D eigenvalue weighted by Gasteiger charge is 2.34. The number of imidazole rings is 1. The van der Waals surface area contributed by atoms with Crippen LogP contribution in [0.5, 0.6) is 0 Å². The molecular formula is C25H29FN4O3. The van der Waals surface area contributed by atoms with Crippen LogP contribution in [0.1, 0.15) is 56.4 Å². The number of carboxylic acid groups (broad SMARTS) is 1. The van der Waals surface area contributed by atoms with E-state index in [-0.39, 0.29) is 17.3 Å². The molecule has 1 heterocycles. The van der Waals surface area contributed by atoms with Gasteiger partial charge in [0.25, 0.3) is 5.91 Å². The highest BCUT2D eigenvalue weighted by molar-refractivity contribution is 5.99. The van der Waals surface area contributed by atoms with Gasteiger partial charge in [0.05, 0.1) is 11.0 Å². The monoisotopic (exact) mass is 452 g/mol.